The molecule has 1 aliphatic rings. The van der Waals surface area contributed by atoms with Crippen LogP contribution in [-0.2, 0) is 11.2 Å². The SMILES string of the molecule is CSCCCNC(=O)CC1CCc2ccccc21. The van der Waals surface area contributed by atoms with E-state index >= 15 is 0 Å². The topological polar surface area (TPSA) is 29.1 Å². The van der Waals surface area contributed by atoms with Crippen LogP contribution in [0.1, 0.15) is 36.3 Å². The van der Waals surface area contributed by atoms with Gasteiger partial charge < -0.3 is 5.32 Å². The fraction of sp³-hybridized carbons (Fsp3) is 0.533. The highest BCUT2D eigenvalue weighted by Gasteiger charge is 2.23. The Labute approximate surface area is 114 Å². The minimum atomic E-state index is 0.206. The molecule has 98 valence electrons. The summed E-state index contributed by atoms with van der Waals surface area (Å²) >= 11 is 1.83. The van der Waals surface area contributed by atoms with Crippen molar-refractivity contribution in [2.75, 3.05) is 18.6 Å². The molecule has 1 unspecified atom stereocenters. The van der Waals surface area contributed by atoms with Gasteiger partial charge in [-0.05, 0) is 48.3 Å². The van der Waals surface area contributed by atoms with Crippen molar-refractivity contribution < 1.29 is 4.79 Å². The quantitative estimate of drug-likeness (QED) is 0.799. The van der Waals surface area contributed by atoms with Gasteiger partial charge in [0.15, 0.2) is 0 Å². The molecule has 2 nitrogen and oxygen atoms in total. The van der Waals surface area contributed by atoms with E-state index in [0.717, 1.165) is 31.6 Å². The van der Waals surface area contributed by atoms with Crippen molar-refractivity contribution in [2.45, 2.75) is 31.6 Å². The first-order chi connectivity index (χ1) is 8.81. The van der Waals surface area contributed by atoms with Crippen molar-refractivity contribution >= 4 is 17.7 Å². The average Bonchev–Trinajstić information content (AvgIpc) is 2.78. The monoisotopic (exact) mass is 263 g/mol. The van der Waals surface area contributed by atoms with Crippen molar-refractivity contribution in [1.29, 1.82) is 0 Å². The van der Waals surface area contributed by atoms with Gasteiger partial charge >= 0.3 is 0 Å². The van der Waals surface area contributed by atoms with Crippen LogP contribution in [0.3, 0.4) is 0 Å². The van der Waals surface area contributed by atoms with E-state index in [9.17, 15) is 4.79 Å². The summed E-state index contributed by atoms with van der Waals surface area (Å²) in [5, 5.41) is 3.02. The second-order valence-electron chi connectivity index (χ2n) is 4.83. The number of hydrogen-bond donors (Lipinski definition) is 1. The second kappa shape index (κ2) is 6.83. The van der Waals surface area contributed by atoms with E-state index in [0.29, 0.717) is 12.3 Å². The third-order valence-corrected chi connectivity index (χ3v) is 4.23. The smallest absolute Gasteiger partial charge is 0.220 e. The number of fused-ring (bicyclic) bond motifs is 1. The zero-order valence-corrected chi connectivity index (χ0v) is 11.8. The zero-order chi connectivity index (χ0) is 12.8. The van der Waals surface area contributed by atoms with Gasteiger partial charge in [-0.2, -0.15) is 11.8 Å². The normalized spacial score (nSPS) is 17.5. The summed E-state index contributed by atoms with van der Waals surface area (Å²) < 4.78 is 0. The predicted octanol–water partition coefficient (Wildman–Crippen LogP) is 2.98. The molecule has 18 heavy (non-hydrogen) atoms. The van der Waals surface area contributed by atoms with E-state index in [1.54, 1.807) is 0 Å². The first kappa shape index (κ1) is 13.5. The Kier molecular flexibility index (Phi) is 5.12. The minimum absolute atomic E-state index is 0.206. The number of thioether (sulfide) groups is 1. The molecule has 0 radical (unpaired) electrons. The van der Waals surface area contributed by atoms with Crippen molar-refractivity contribution in [3.63, 3.8) is 0 Å². The molecule has 0 heterocycles. The Balaban J connectivity index is 1.79. The van der Waals surface area contributed by atoms with E-state index in [1.807, 2.05) is 11.8 Å². The number of hydrogen-bond acceptors (Lipinski definition) is 2. The lowest BCUT2D eigenvalue weighted by Gasteiger charge is -2.11. The van der Waals surface area contributed by atoms with Gasteiger partial charge in [0.25, 0.3) is 0 Å². The lowest BCUT2D eigenvalue weighted by molar-refractivity contribution is -0.121. The molecule has 1 aromatic carbocycles. The Morgan fingerprint density at radius 2 is 2.28 bits per heavy atom. The molecule has 0 saturated carbocycles. The van der Waals surface area contributed by atoms with Gasteiger partial charge in [-0.25, -0.2) is 0 Å². The molecule has 1 aliphatic carbocycles. The molecule has 0 saturated heterocycles. The van der Waals surface area contributed by atoms with Crippen LogP contribution >= 0.6 is 11.8 Å². The van der Waals surface area contributed by atoms with Crippen LogP contribution in [0.4, 0.5) is 0 Å². The van der Waals surface area contributed by atoms with Crippen molar-refractivity contribution in [2.24, 2.45) is 0 Å². The van der Waals surface area contributed by atoms with Gasteiger partial charge in [-0.3, -0.25) is 4.79 Å². The molecule has 0 bridgehead atoms. The molecular weight excluding hydrogens is 242 g/mol. The summed E-state index contributed by atoms with van der Waals surface area (Å²) in [7, 11) is 0. The Morgan fingerprint density at radius 3 is 3.11 bits per heavy atom. The average molecular weight is 263 g/mol. The van der Waals surface area contributed by atoms with Gasteiger partial charge in [0, 0.05) is 13.0 Å². The van der Waals surface area contributed by atoms with E-state index in [2.05, 4.69) is 35.8 Å². The van der Waals surface area contributed by atoms with Gasteiger partial charge in [-0.1, -0.05) is 24.3 Å². The van der Waals surface area contributed by atoms with Gasteiger partial charge in [0.05, 0.1) is 0 Å². The standard InChI is InChI=1S/C15H21NOS/c1-18-10-4-9-16-15(17)11-13-8-7-12-5-2-3-6-14(12)13/h2-3,5-6,13H,4,7-11H2,1H3,(H,16,17). The highest BCUT2D eigenvalue weighted by Crippen LogP contribution is 2.34. The van der Waals surface area contributed by atoms with Crippen LogP contribution in [0.25, 0.3) is 0 Å². The molecule has 1 atom stereocenters. The van der Waals surface area contributed by atoms with E-state index in [4.69, 9.17) is 0 Å². The number of carbonyl (C=O) groups is 1. The minimum Gasteiger partial charge on any atom is -0.356 e. The molecule has 1 aromatic rings. The van der Waals surface area contributed by atoms with Gasteiger partial charge in [-0.15, -0.1) is 0 Å². The summed E-state index contributed by atoms with van der Waals surface area (Å²) in [4.78, 5) is 11.9. The number of carbonyl (C=O) groups excluding carboxylic acids is 1. The number of nitrogens with one attached hydrogen (secondary N) is 1. The number of benzene rings is 1. The highest BCUT2D eigenvalue weighted by molar-refractivity contribution is 7.98. The molecule has 0 aromatic heterocycles. The molecule has 0 aliphatic heterocycles. The summed E-state index contributed by atoms with van der Waals surface area (Å²) in [6.45, 7) is 0.814. The zero-order valence-electron chi connectivity index (χ0n) is 10.9. The van der Waals surface area contributed by atoms with Crippen LogP contribution in [-0.4, -0.2) is 24.5 Å². The summed E-state index contributed by atoms with van der Waals surface area (Å²) in [6.07, 6.45) is 6.06. The Morgan fingerprint density at radius 1 is 1.44 bits per heavy atom. The maximum Gasteiger partial charge on any atom is 0.220 e. The fourth-order valence-electron chi connectivity index (χ4n) is 2.60. The number of amides is 1. The lowest BCUT2D eigenvalue weighted by atomic mass is 9.97. The second-order valence-corrected chi connectivity index (χ2v) is 5.82. The van der Waals surface area contributed by atoms with E-state index in [1.165, 1.54) is 11.1 Å². The van der Waals surface area contributed by atoms with Crippen molar-refractivity contribution in [1.82, 2.24) is 5.32 Å². The highest BCUT2D eigenvalue weighted by atomic mass is 32.2. The molecule has 3 heteroatoms. The maximum absolute atomic E-state index is 11.9. The van der Waals surface area contributed by atoms with E-state index in [-0.39, 0.29) is 5.91 Å². The Bertz CT molecular complexity index is 405. The van der Waals surface area contributed by atoms with Gasteiger partial charge in [0.1, 0.15) is 0 Å². The molecule has 2 rings (SSSR count). The molecule has 1 amide bonds. The van der Waals surface area contributed by atoms with Crippen molar-refractivity contribution in [3.05, 3.63) is 35.4 Å². The first-order valence-electron chi connectivity index (χ1n) is 6.64. The summed E-state index contributed by atoms with van der Waals surface area (Å²) in [5.41, 5.74) is 2.81. The summed E-state index contributed by atoms with van der Waals surface area (Å²) in [6, 6.07) is 8.52. The predicted molar refractivity (Wildman–Crippen MR) is 78.1 cm³/mol. The van der Waals surface area contributed by atoms with Crippen LogP contribution in [0.2, 0.25) is 0 Å². The summed E-state index contributed by atoms with van der Waals surface area (Å²) in [5.74, 6) is 1.76. The number of aryl methyl sites for hydroxylation is 1. The van der Waals surface area contributed by atoms with Gasteiger partial charge in [0.2, 0.25) is 5.91 Å². The maximum atomic E-state index is 11.9. The van der Waals surface area contributed by atoms with Crippen LogP contribution in [0.5, 0.6) is 0 Å². The van der Waals surface area contributed by atoms with Crippen LogP contribution < -0.4 is 5.32 Å². The van der Waals surface area contributed by atoms with Crippen LogP contribution in [0.15, 0.2) is 24.3 Å². The molecule has 1 N–H and O–H groups in total. The molecule has 0 fully saturated rings. The third kappa shape index (κ3) is 3.52. The van der Waals surface area contributed by atoms with E-state index < -0.39 is 0 Å². The van der Waals surface area contributed by atoms with Crippen molar-refractivity contribution in [3.8, 4) is 0 Å². The Hall–Kier alpha value is -0.960. The fourth-order valence-corrected chi connectivity index (χ4v) is 3.03. The molecular formula is C15H21NOS. The first-order valence-corrected chi connectivity index (χ1v) is 8.04. The molecule has 0 spiro atoms. The largest absolute Gasteiger partial charge is 0.356 e. The lowest BCUT2D eigenvalue weighted by Crippen LogP contribution is -2.26. The van der Waals surface area contributed by atoms with Crippen LogP contribution in [0, 0.1) is 0 Å². The third-order valence-electron chi connectivity index (χ3n) is 3.54. The number of rotatable bonds is 6.